The van der Waals surface area contributed by atoms with E-state index < -0.39 is 0 Å². The van der Waals surface area contributed by atoms with Crippen molar-refractivity contribution in [2.24, 2.45) is 0 Å². The van der Waals surface area contributed by atoms with Gasteiger partial charge in [-0.2, -0.15) is 0 Å². The van der Waals surface area contributed by atoms with Crippen LogP contribution in [0.4, 0.5) is 4.39 Å². The molecule has 0 aromatic heterocycles. The molecule has 0 bridgehead atoms. The summed E-state index contributed by atoms with van der Waals surface area (Å²) in [4.78, 5) is 13.5. The summed E-state index contributed by atoms with van der Waals surface area (Å²) >= 11 is 0. The van der Waals surface area contributed by atoms with Crippen molar-refractivity contribution in [3.05, 3.63) is 70.5 Å². The second-order valence-electron chi connectivity index (χ2n) is 8.45. The highest BCUT2D eigenvalue weighted by Crippen LogP contribution is 2.30. The Morgan fingerprint density at radius 1 is 1.00 bits per heavy atom. The van der Waals surface area contributed by atoms with Gasteiger partial charge in [0.1, 0.15) is 18.4 Å². The number of piperidine rings is 1. The second kappa shape index (κ2) is 9.00. The molecule has 0 amide bonds. The Bertz CT molecular complexity index is 786. The fourth-order valence-electron chi connectivity index (χ4n) is 5.02. The van der Waals surface area contributed by atoms with Gasteiger partial charge in [-0.3, -0.25) is 4.79 Å². The zero-order valence-corrected chi connectivity index (χ0v) is 17.5. The van der Waals surface area contributed by atoms with E-state index in [9.17, 15) is 9.18 Å². The van der Waals surface area contributed by atoms with E-state index in [0.717, 1.165) is 48.9 Å². The van der Waals surface area contributed by atoms with Gasteiger partial charge in [0.2, 0.25) is 0 Å². The third kappa shape index (κ3) is 4.52. The third-order valence-electron chi connectivity index (χ3n) is 6.53. The van der Waals surface area contributed by atoms with Crippen LogP contribution >= 0.6 is 0 Å². The number of nitrogens with zero attached hydrogens (tertiary/aromatic N) is 1. The quantitative estimate of drug-likeness (QED) is 0.575. The van der Waals surface area contributed by atoms with Gasteiger partial charge in [-0.1, -0.05) is 37.3 Å². The number of hydrogen-bond donors (Lipinski definition) is 0. The van der Waals surface area contributed by atoms with Crippen LogP contribution in [0.5, 0.6) is 0 Å². The number of Topliss-reactive ketones (excluding diaryl/α,β-unsaturated/α-hetero) is 1. The van der Waals surface area contributed by atoms with Gasteiger partial charge in [-0.15, -0.1) is 0 Å². The van der Waals surface area contributed by atoms with Crippen molar-refractivity contribution in [2.75, 3.05) is 13.1 Å². The SMILES string of the molecule is CCC(C(=O)Cc1c(C)cccc1C)[N+]1(Cc2ccc(F)cc2)CCCCC1. The first kappa shape index (κ1) is 20.7. The molecule has 150 valence electrons. The van der Waals surface area contributed by atoms with Gasteiger partial charge in [0.25, 0.3) is 0 Å². The van der Waals surface area contributed by atoms with Crippen LogP contribution < -0.4 is 0 Å². The van der Waals surface area contributed by atoms with Gasteiger partial charge in [0.05, 0.1) is 13.1 Å². The molecule has 0 N–H and O–H groups in total. The van der Waals surface area contributed by atoms with E-state index in [1.165, 1.54) is 35.2 Å². The Labute approximate surface area is 169 Å². The van der Waals surface area contributed by atoms with Gasteiger partial charge in [-0.25, -0.2) is 4.39 Å². The van der Waals surface area contributed by atoms with Gasteiger partial charge < -0.3 is 4.48 Å². The summed E-state index contributed by atoms with van der Waals surface area (Å²) in [5.74, 6) is 0.149. The normalized spacial score (nSPS) is 17.3. The van der Waals surface area contributed by atoms with Crippen molar-refractivity contribution in [2.45, 2.75) is 65.5 Å². The maximum absolute atomic E-state index is 13.5. The van der Waals surface area contributed by atoms with Crippen molar-refractivity contribution in [1.82, 2.24) is 0 Å². The zero-order valence-electron chi connectivity index (χ0n) is 17.5. The predicted molar refractivity (Wildman–Crippen MR) is 113 cm³/mol. The predicted octanol–water partition coefficient (Wildman–Crippen LogP) is 5.53. The van der Waals surface area contributed by atoms with Crippen molar-refractivity contribution in [1.29, 1.82) is 0 Å². The lowest BCUT2D eigenvalue weighted by Gasteiger charge is -2.46. The molecule has 0 spiro atoms. The minimum absolute atomic E-state index is 0.00404. The molecule has 3 heteroatoms. The fourth-order valence-corrected chi connectivity index (χ4v) is 5.02. The standard InChI is InChI=1S/C25H33FNO/c1-4-24(25(28)17-23-19(2)9-8-10-20(23)3)27(15-6-5-7-16-27)18-21-11-13-22(26)14-12-21/h8-14,24H,4-7,15-18H2,1-3H3/q+1. The summed E-state index contributed by atoms with van der Waals surface area (Å²) in [6.07, 6.45) is 4.93. The molecule has 2 aromatic rings. The largest absolute Gasteiger partial charge is 0.311 e. The number of rotatable bonds is 7. The Hall–Kier alpha value is -2.00. The van der Waals surface area contributed by atoms with Crippen LogP contribution in [0.25, 0.3) is 0 Å². The first-order valence-electron chi connectivity index (χ1n) is 10.6. The number of aryl methyl sites for hydroxylation is 2. The molecule has 3 rings (SSSR count). The van der Waals surface area contributed by atoms with E-state index >= 15 is 0 Å². The average molecular weight is 383 g/mol. The number of halogens is 1. The number of benzene rings is 2. The first-order valence-corrected chi connectivity index (χ1v) is 10.6. The highest BCUT2D eigenvalue weighted by molar-refractivity contribution is 5.85. The number of quaternary nitrogens is 1. The van der Waals surface area contributed by atoms with Gasteiger partial charge >= 0.3 is 0 Å². The van der Waals surface area contributed by atoms with E-state index in [-0.39, 0.29) is 11.9 Å². The summed E-state index contributed by atoms with van der Waals surface area (Å²) in [5.41, 5.74) is 4.71. The van der Waals surface area contributed by atoms with Gasteiger partial charge in [0, 0.05) is 18.4 Å². The van der Waals surface area contributed by atoms with Crippen LogP contribution in [-0.2, 0) is 17.8 Å². The van der Waals surface area contributed by atoms with Gasteiger partial charge in [0.15, 0.2) is 5.78 Å². The smallest absolute Gasteiger partial charge is 0.194 e. The summed E-state index contributed by atoms with van der Waals surface area (Å²) < 4.78 is 14.2. The molecular formula is C25H33FNO+. The Morgan fingerprint density at radius 3 is 2.18 bits per heavy atom. The topological polar surface area (TPSA) is 17.1 Å². The molecule has 1 heterocycles. The number of carbonyl (C=O) groups excluding carboxylic acids is 1. The van der Waals surface area contributed by atoms with Crippen molar-refractivity contribution in [3.8, 4) is 0 Å². The minimum atomic E-state index is -0.202. The maximum Gasteiger partial charge on any atom is 0.194 e. The van der Waals surface area contributed by atoms with E-state index in [1.807, 2.05) is 12.1 Å². The van der Waals surface area contributed by atoms with Crippen LogP contribution in [0.15, 0.2) is 42.5 Å². The summed E-state index contributed by atoms with van der Waals surface area (Å²) in [6.45, 7) is 9.23. The molecule has 1 fully saturated rings. The fraction of sp³-hybridized carbons (Fsp3) is 0.480. The molecular weight excluding hydrogens is 349 g/mol. The lowest BCUT2D eigenvalue weighted by molar-refractivity contribution is -0.959. The lowest BCUT2D eigenvalue weighted by Crippen LogP contribution is -2.60. The van der Waals surface area contributed by atoms with Crippen LogP contribution in [-0.4, -0.2) is 29.4 Å². The molecule has 2 nitrogen and oxygen atoms in total. The molecule has 1 aliphatic rings. The Kier molecular flexibility index (Phi) is 6.66. The maximum atomic E-state index is 13.5. The molecule has 0 radical (unpaired) electrons. The second-order valence-corrected chi connectivity index (χ2v) is 8.45. The molecule has 0 aliphatic carbocycles. The van der Waals surface area contributed by atoms with Crippen LogP contribution in [0.1, 0.15) is 54.9 Å². The number of likely N-dealkylation sites (tertiary alicyclic amines) is 1. The van der Waals surface area contributed by atoms with Crippen LogP contribution in [0.2, 0.25) is 0 Å². The molecule has 0 saturated carbocycles. The highest BCUT2D eigenvalue weighted by Gasteiger charge is 2.41. The number of hydrogen-bond acceptors (Lipinski definition) is 1. The van der Waals surface area contributed by atoms with Crippen molar-refractivity contribution < 1.29 is 13.7 Å². The third-order valence-corrected chi connectivity index (χ3v) is 6.53. The van der Waals surface area contributed by atoms with Crippen LogP contribution in [0, 0.1) is 19.7 Å². The molecule has 1 unspecified atom stereocenters. The minimum Gasteiger partial charge on any atom is -0.311 e. The number of carbonyl (C=O) groups is 1. The summed E-state index contributed by atoms with van der Waals surface area (Å²) in [5, 5.41) is 0. The molecule has 2 aromatic carbocycles. The molecule has 1 atom stereocenters. The first-order chi connectivity index (χ1) is 13.4. The Balaban J connectivity index is 1.88. The summed E-state index contributed by atoms with van der Waals surface area (Å²) in [7, 11) is 0. The molecule has 1 saturated heterocycles. The zero-order chi connectivity index (χ0) is 20.1. The van der Waals surface area contributed by atoms with E-state index in [2.05, 4.69) is 39.0 Å². The van der Waals surface area contributed by atoms with Crippen molar-refractivity contribution in [3.63, 3.8) is 0 Å². The number of ketones is 1. The highest BCUT2D eigenvalue weighted by atomic mass is 19.1. The van der Waals surface area contributed by atoms with Gasteiger partial charge in [-0.05, 0) is 61.9 Å². The van der Waals surface area contributed by atoms with E-state index in [4.69, 9.17) is 0 Å². The molecule has 1 aliphatic heterocycles. The van der Waals surface area contributed by atoms with E-state index in [0.29, 0.717) is 12.2 Å². The van der Waals surface area contributed by atoms with E-state index in [1.54, 1.807) is 0 Å². The monoisotopic (exact) mass is 382 g/mol. The molecule has 28 heavy (non-hydrogen) atoms. The summed E-state index contributed by atoms with van der Waals surface area (Å²) in [6, 6.07) is 13.1. The lowest BCUT2D eigenvalue weighted by atomic mass is 9.91. The average Bonchev–Trinajstić information content (AvgIpc) is 2.68. The van der Waals surface area contributed by atoms with Crippen LogP contribution in [0.3, 0.4) is 0 Å². The van der Waals surface area contributed by atoms with Crippen molar-refractivity contribution >= 4 is 5.78 Å². The Morgan fingerprint density at radius 2 is 1.61 bits per heavy atom.